The summed E-state index contributed by atoms with van der Waals surface area (Å²) in [5.41, 5.74) is 2.36. The van der Waals surface area contributed by atoms with Crippen molar-refractivity contribution in [3.05, 3.63) is 77.0 Å². The number of Topliss-reactive ketones (excluding diaryl/α,β-unsaturated/α-hetero) is 1. The lowest BCUT2D eigenvalue weighted by molar-refractivity contribution is -1.04. The van der Waals surface area contributed by atoms with E-state index in [1.165, 1.54) is 0 Å². The first kappa shape index (κ1) is 22.7. The van der Waals surface area contributed by atoms with E-state index in [0.29, 0.717) is 51.6 Å². The summed E-state index contributed by atoms with van der Waals surface area (Å²) >= 11 is 6.16. The summed E-state index contributed by atoms with van der Waals surface area (Å²) < 4.78 is 21.4. The molecule has 32 heavy (non-hydrogen) atoms. The van der Waals surface area contributed by atoms with Gasteiger partial charge in [-0.05, 0) is 54.6 Å². The van der Waals surface area contributed by atoms with Crippen molar-refractivity contribution >= 4 is 39.7 Å². The first-order valence-corrected chi connectivity index (χ1v) is 11.8. The van der Waals surface area contributed by atoms with Gasteiger partial charge < -0.3 is 14.4 Å². The number of benzene rings is 2. The van der Waals surface area contributed by atoms with Crippen LogP contribution in [0.5, 0.6) is 0 Å². The molecule has 0 bridgehead atoms. The number of carbonyl (C=O) groups excluding carboxylic acids is 1. The molecule has 4 rings (SSSR count). The molecule has 0 amide bonds. The number of hydrogen-bond donors (Lipinski definition) is 2. The molecule has 2 aliphatic heterocycles. The number of morpholine rings is 1. The van der Waals surface area contributed by atoms with E-state index < -0.39 is 11.0 Å². The molecule has 0 spiro atoms. The molecule has 1 fully saturated rings. The van der Waals surface area contributed by atoms with Crippen LogP contribution in [-0.2, 0) is 20.6 Å². The van der Waals surface area contributed by atoms with E-state index in [9.17, 15) is 9.00 Å². The van der Waals surface area contributed by atoms with Crippen LogP contribution in [0.3, 0.4) is 0 Å². The van der Waals surface area contributed by atoms with E-state index in [1.54, 1.807) is 37.6 Å². The molecule has 2 unspecified atom stereocenters. The highest BCUT2D eigenvalue weighted by Crippen LogP contribution is 2.26. The van der Waals surface area contributed by atoms with Gasteiger partial charge in [0.15, 0.2) is 0 Å². The SMILES string of the molecule is CO[NH+]1C=C(C(=O)c2cc(Cl)ccc2NS(=O)c2ccc(N3CCOCC3)cc2)C=CC1. The van der Waals surface area contributed by atoms with E-state index in [4.69, 9.17) is 21.2 Å². The van der Waals surface area contributed by atoms with Gasteiger partial charge in [0.2, 0.25) is 5.78 Å². The molecule has 2 aromatic rings. The molecule has 9 heteroatoms. The minimum atomic E-state index is -1.55. The Labute approximate surface area is 194 Å². The fourth-order valence-electron chi connectivity index (χ4n) is 3.58. The monoisotopic (exact) mass is 474 g/mol. The Morgan fingerprint density at radius 2 is 1.94 bits per heavy atom. The number of halogens is 1. The number of anilines is 2. The van der Waals surface area contributed by atoms with Crippen molar-refractivity contribution < 1.29 is 23.6 Å². The van der Waals surface area contributed by atoms with Gasteiger partial charge in [-0.15, -0.1) is 0 Å². The van der Waals surface area contributed by atoms with Crippen molar-refractivity contribution in [3.8, 4) is 0 Å². The molecular formula is C23H25ClN3O4S+. The molecule has 168 valence electrons. The fraction of sp³-hybridized carbons (Fsp3) is 0.261. The van der Waals surface area contributed by atoms with Crippen molar-refractivity contribution in [2.45, 2.75) is 4.90 Å². The third-order valence-corrected chi connectivity index (χ3v) is 6.65. The summed E-state index contributed by atoms with van der Waals surface area (Å²) in [6.07, 6.45) is 5.35. The zero-order valence-electron chi connectivity index (χ0n) is 17.7. The number of nitrogens with zero attached hydrogens (tertiary/aromatic N) is 1. The maximum Gasteiger partial charge on any atom is 0.200 e. The highest BCUT2D eigenvalue weighted by molar-refractivity contribution is 7.86. The highest BCUT2D eigenvalue weighted by Gasteiger charge is 2.22. The topological polar surface area (TPSA) is 72.3 Å². The summed E-state index contributed by atoms with van der Waals surface area (Å²) in [6.45, 7) is 3.72. The molecule has 0 radical (unpaired) electrons. The van der Waals surface area contributed by atoms with Gasteiger partial charge in [0.05, 0.1) is 36.5 Å². The van der Waals surface area contributed by atoms with Crippen LogP contribution in [-0.4, -0.2) is 49.9 Å². The molecule has 2 aromatic carbocycles. The van der Waals surface area contributed by atoms with Crippen LogP contribution in [0.15, 0.2) is 71.3 Å². The standard InChI is InChI=1S/C23H24ClN3O4S/c1-30-27-10-2-3-17(16-27)23(28)21-15-18(24)4-9-22(21)25-32(29)20-7-5-19(6-8-20)26-11-13-31-14-12-26/h2-9,15-16,25H,10-14H2,1H3/p+1. The number of rotatable bonds is 7. The molecule has 2 aliphatic rings. The second kappa shape index (κ2) is 10.4. The van der Waals surface area contributed by atoms with Crippen LogP contribution in [0, 0.1) is 0 Å². The molecule has 2 atom stereocenters. The summed E-state index contributed by atoms with van der Waals surface area (Å²) in [5, 5.41) is 1.13. The zero-order valence-corrected chi connectivity index (χ0v) is 19.2. The van der Waals surface area contributed by atoms with Gasteiger partial charge in [-0.3, -0.25) is 4.79 Å². The van der Waals surface area contributed by atoms with Crippen LogP contribution < -0.4 is 14.7 Å². The van der Waals surface area contributed by atoms with E-state index in [0.717, 1.165) is 18.8 Å². The third kappa shape index (κ3) is 5.28. The van der Waals surface area contributed by atoms with Crippen molar-refractivity contribution in [2.75, 3.05) is 49.6 Å². The van der Waals surface area contributed by atoms with E-state index in [1.807, 2.05) is 30.3 Å². The second-order valence-electron chi connectivity index (χ2n) is 7.36. The molecular weight excluding hydrogens is 450 g/mol. The first-order chi connectivity index (χ1) is 15.5. The third-order valence-electron chi connectivity index (χ3n) is 5.31. The molecule has 7 nitrogen and oxygen atoms in total. The van der Waals surface area contributed by atoms with Crippen LogP contribution in [0.1, 0.15) is 10.4 Å². The van der Waals surface area contributed by atoms with Crippen molar-refractivity contribution in [1.82, 2.24) is 0 Å². The van der Waals surface area contributed by atoms with Crippen molar-refractivity contribution in [1.29, 1.82) is 0 Å². The van der Waals surface area contributed by atoms with E-state index >= 15 is 0 Å². The lowest BCUT2D eigenvalue weighted by Gasteiger charge is -2.28. The molecule has 2 heterocycles. The Morgan fingerprint density at radius 1 is 1.19 bits per heavy atom. The number of hydroxylamine groups is 2. The van der Waals surface area contributed by atoms with Gasteiger partial charge in [-0.1, -0.05) is 11.6 Å². The number of hydrogen-bond acceptors (Lipinski definition) is 5. The maximum absolute atomic E-state index is 13.2. The van der Waals surface area contributed by atoms with E-state index in [-0.39, 0.29) is 5.78 Å². The van der Waals surface area contributed by atoms with Gasteiger partial charge >= 0.3 is 0 Å². The van der Waals surface area contributed by atoms with Gasteiger partial charge in [0.1, 0.15) is 23.7 Å². The van der Waals surface area contributed by atoms with Crippen LogP contribution in [0.25, 0.3) is 0 Å². The van der Waals surface area contributed by atoms with Crippen molar-refractivity contribution in [3.63, 3.8) is 0 Å². The largest absolute Gasteiger partial charge is 0.378 e. The average molecular weight is 475 g/mol. The fourth-order valence-corrected chi connectivity index (χ4v) is 4.63. The van der Waals surface area contributed by atoms with Crippen LogP contribution >= 0.6 is 11.6 Å². The van der Waals surface area contributed by atoms with Gasteiger partial charge in [0, 0.05) is 29.4 Å². The highest BCUT2D eigenvalue weighted by atomic mass is 35.5. The zero-order chi connectivity index (χ0) is 22.5. The number of nitrogens with one attached hydrogen (secondary N) is 2. The Balaban J connectivity index is 1.53. The molecule has 0 saturated carbocycles. The number of carbonyl (C=O) groups is 1. The molecule has 0 aromatic heterocycles. The maximum atomic E-state index is 13.2. The Bertz CT molecular complexity index is 1070. The summed E-state index contributed by atoms with van der Waals surface area (Å²) in [5.74, 6) is -0.222. The Morgan fingerprint density at radius 3 is 2.66 bits per heavy atom. The molecule has 0 aliphatic carbocycles. The first-order valence-electron chi connectivity index (χ1n) is 10.3. The molecule has 2 N–H and O–H groups in total. The normalized spacial score (nSPS) is 19.4. The number of ketones is 1. The quantitative estimate of drug-likeness (QED) is 0.603. The predicted octanol–water partition coefficient (Wildman–Crippen LogP) is 2.39. The molecule has 1 saturated heterocycles. The Hall–Kier alpha value is -2.49. The van der Waals surface area contributed by atoms with Crippen LogP contribution in [0.2, 0.25) is 5.02 Å². The van der Waals surface area contributed by atoms with E-state index in [2.05, 4.69) is 9.62 Å². The van der Waals surface area contributed by atoms with Gasteiger partial charge in [-0.2, -0.15) is 5.06 Å². The average Bonchev–Trinajstić information content (AvgIpc) is 2.85. The predicted molar refractivity (Wildman–Crippen MR) is 125 cm³/mol. The van der Waals surface area contributed by atoms with Gasteiger partial charge in [-0.25, -0.2) is 9.05 Å². The second-order valence-corrected chi connectivity index (χ2v) is 9.01. The minimum Gasteiger partial charge on any atom is -0.378 e. The smallest absolute Gasteiger partial charge is 0.200 e. The van der Waals surface area contributed by atoms with Gasteiger partial charge in [0.25, 0.3) is 0 Å². The van der Waals surface area contributed by atoms with Crippen LogP contribution in [0.4, 0.5) is 11.4 Å². The number of ether oxygens (including phenoxy) is 1. The minimum absolute atomic E-state index is 0.222. The number of allylic oxidation sites excluding steroid dienone is 2. The number of quaternary nitrogens is 1. The summed E-state index contributed by atoms with van der Waals surface area (Å²) in [7, 11) is 0.0259. The van der Waals surface area contributed by atoms with Crippen molar-refractivity contribution in [2.24, 2.45) is 0 Å². The summed E-state index contributed by atoms with van der Waals surface area (Å²) in [4.78, 5) is 21.3. The summed E-state index contributed by atoms with van der Waals surface area (Å²) in [6, 6.07) is 12.5. The lowest BCUT2D eigenvalue weighted by atomic mass is 10.0. The lowest BCUT2D eigenvalue weighted by Crippen LogP contribution is -3.06. The Kier molecular flexibility index (Phi) is 7.39.